The standard InChI is InChI=1S/C17H26FNO2/c1-14(11-15-5-2-6-16(18)12-15)19-8-4-9-20-13-17-7-3-10-21-17/h2,5-6,12,14,17,19H,3-4,7-11,13H2,1H3. The molecule has 2 rings (SSSR count). The molecule has 118 valence electrons. The van der Waals surface area contributed by atoms with Crippen molar-refractivity contribution in [2.24, 2.45) is 0 Å². The molecule has 1 aliphatic heterocycles. The lowest BCUT2D eigenvalue weighted by Crippen LogP contribution is -2.29. The molecule has 0 saturated carbocycles. The first kappa shape index (κ1) is 16.4. The van der Waals surface area contributed by atoms with E-state index in [0.717, 1.165) is 57.6 Å². The van der Waals surface area contributed by atoms with Crippen LogP contribution in [0.1, 0.15) is 31.7 Å². The van der Waals surface area contributed by atoms with Crippen molar-refractivity contribution >= 4 is 0 Å². The third kappa shape index (κ3) is 6.55. The van der Waals surface area contributed by atoms with E-state index in [1.807, 2.05) is 6.07 Å². The van der Waals surface area contributed by atoms with Gasteiger partial charge < -0.3 is 14.8 Å². The number of hydrogen-bond acceptors (Lipinski definition) is 3. The minimum atomic E-state index is -0.165. The zero-order valence-corrected chi connectivity index (χ0v) is 12.8. The van der Waals surface area contributed by atoms with Gasteiger partial charge in [-0.15, -0.1) is 0 Å². The van der Waals surface area contributed by atoms with Crippen LogP contribution in [0.3, 0.4) is 0 Å². The van der Waals surface area contributed by atoms with E-state index >= 15 is 0 Å². The molecule has 0 bridgehead atoms. The second-order valence-corrected chi connectivity index (χ2v) is 5.75. The van der Waals surface area contributed by atoms with Gasteiger partial charge in [-0.1, -0.05) is 12.1 Å². The lowest BCUT2D eigenvalue weighted by Gasteiger charge is -2.14. The summed E-state index contributed by atoms with van der Waals surface area (Å²) in [4.78, 5) is 0. The van der Waals surface area contributed by atoms with Gasteiger partial charge in [0.2, 0.25) is 0 Å². The minimum Gasteiger partial charge on any atom is -0.379 e. The summed E-state index contributed by atoms with van der Waals surface area (Å²) < 4.78 is 24.2. The quantitative estimate of drug-likeness (QED) is 0.711. The summed E-state index contributed by atoms with van der Waals surface area (Å²) in [5.41, 5.74) is 1.03. The van der Waals surface area contributed by atoms with Crippen molar-refractivity contribution in [1.82, 2.24) is 5.32 Å². The number of nitrogens with one attached hydrogen (secondary N) is 1. The first-order valence-corrected chi connectivity index (χ1v) is 7.91. The van der Waals surface area contributed by atoms with Crippen LogP contribution in [0.4, 0.5) is 4.39 Å². The van der Waals surface area contributed by atoms with Crippen molar-refractivity contribution in [1.29, 1.82) is 0 Å². The first-order valence-electron chi connectivity index (χ1n) is 7.91. The van der Waals surface area contributed by atoms with Gasteiger partial charge in [0.1, 0.15) is 5.82 Å². The Morgan fingerprint density at radius 3 is 3.14 bits per heavy atom. The van der Waals surface area contributed by atoms with Crippen molar-refractivity contribution in [3.05, 3.63) is 35.6 Å². The zero-order valence-electron chi connectivity index (χ0n) is 12.8. The Morgan fingerprint density at radius 2 is 2.38 bits per heavy atom. The Balaban J connectivity index is 1.50. The topological polar surface area (TPSA) is 30.5 Å². The van der Waals surface area contributed by atoms with Gasteiger partial charge in [0.15, 0.2) is 0 Å². The van der Waals surface area contributed by atoms with Crippen LogP contribution in [0, 0.1) is 5.82 Å². The van der Waals surface area contributed by atoms with Crippen LogP contribution >= 0.6 is 0 Å². The normalized spacial score (nSPS) is 19.8. The maximum atomic E-state index is 13.1. The molecule has 0 amide bonds. The van der Waals surface area contributed by atoms with Gasteiger partial charge in [0.05, 0.1) is 12.7 Å². The molecule has 1 saturated heterocycles. The second kappa shape index (κ2) is 9.13. The molecule has 3 nitrogen and oxygen atoms in total. The van der Waals surface area contributed by atoms with E-state index in [9.17, 15) is 4.39 Å². The molecule has 0 aromatic heterocycles. The van der Waals surface area contributed by atoms with Gasteiger partial charge >= 0.3 is 0 Å². The van der Waals surface area contributed by atoms with Crippen LogP contribution in [0.5, 0.6) is 0 Å². The third-order valence-corrected chi connectivity index (χ3v) is 3.72. The SMILES string of the molecule is CC(Cc1cccc(F)c1)NCCCOCC1CCCO1. The van der Waals surface area contributed by atoms with E-state index in [1.54, 1.807) is 12.1 Å². The van der Waals surface area contributed by atoms with Crippen LogP contribution in [-0.4, -0.2) is 38.5 Å². The van der Waals surface area contributed by atoms with Gasteiger partial charge in [-0.05, 0) is 56.8 Å². The Hall–Kier alpha value is -0.970. The third-order valence-electron chi connectivity index (χ3n) is 3.72. The molecular formula is C17H26FNO2. The highest BCUT2D eigenvalue weighted by molar-refractivity contribution is 5.17. The van der Waals surface area contributed by atoms with Crippen LogP contribution in [0.2, 0.25) is 0 Å². The molecule has 2 atom stereocenters. The van der Waals surface area contributed by atoms with Gasteiger partial charge in [0, 0.05) is 19.3 Å². The largest absolute Gasteiger partial charge is 0.379 e. The predicted octanol–water partition coefficient (Wildman–Crippen LogP) is 2.93. The van der Waals surface area contributed by atoms with E-state index in [0.29, 0.717) is 12.1 Å². The fourth-order valence-electron chi connectivity index (χ4n) is 2.60. The number of halogens is 1. The van der Waals surface area contributed by atoms with E-state index in [1.165, 1.54) is 6.07 Å². The van der Waals surface area contributed by atoms with Gasteiger partial charge in [-0.25, -0.2) is 4.39 Å². The molecule has 0 spiro atoms. The lowest BCUT2D eigenvalue weighted by atomic mass is 10.1. The number of benzene rings is 1. The van der Waals surface area contributed by atoms with Gasteiger partial charge in [0.25, 0.3) is 0 Å². The van der Waals surface area contributed by atoms with Crippen LogP contribution in [-0.2, 0) is 15.9 Å². The van der Waals surface area contributed by atoms with E-state index in [4.69, 9.17) is 9.47 Å². The molecule has 2 unspecified atom stereocenters. The summed E-state index contributed by atoms with van der Waals surface area (Å²) in [6.07, 6.45) is 4.43. The lowest BCUT2D eigenvalue weighted by molar-refractivity contribution is 0.0165. The summed E-state index contributed by atoms with van der Waals surface area (Å²) in [6, 6.07) is 7.14. The van der Waals surface area contributed by atoms with Crippen molar-refractivity contribution in [3.8, 4) is 0 Å². The average Bonchev–Trinajstić information content (AvgIpc) is 2.96. The molecule has 0 aliphatic carbocycles. The number of ether oxygens (including phenoxy) is 2. The molecule has 0 radical (unpaired) electrons. The molecule has 21 heavy (non-hydrogen) atoms. The highest BCUT2D eigenvalue weighted by Crippen LogP contribution is 2.11. The fraction of sp³-hybridized carbons (Fsp3) is 0.647. The molecule has 4 heteroatoms. The van der Waals surface area contributed by atoms with E-state index in [2.05, 4.69) is 12.2 Å². The molecule has 1 aromatic rings. The van der Waals surface area contributed by atoms with Crippen molar-refractivity contribution < 1.29 is 13.9 Å². The van der Waals surface area contributed by atoms with Crippen LogP contribution in [0.15, 0.2) is 24.3 Å². The predicted molar refractivity (Wildman–Crippen MR) is 82.0 cm³/mol. The molecule has 1 aromatic carbocycles. The summed E-state index contributed by atoms with van der Waals surface area (Å²) in [6.45, 7) is 5.41. The summed E-state index contributed by atoms with van der Waals surface area (Å²) in [5.74, 6) is -0.165. The summed E-state index contributed by atoms with van der Waals surface area (Å²) in [7, 11) is 0. The van der Waals surface area contributed by atoms with Gasteiger partial charge in [-0.3, -0.25) is 0 Å². The second-order valence-electron chi connectivity index (χ2n) is 5.75. The highest BCUT2D eigenvalue weighted by atomic mass is 19.1. The van der Waals surface area contributed by atoms with Crippen molar-refractivity contribution in [2.75, 3.05) is 26.4 Å². The Kier molecular flexibility index (Phi) is 7.13. The Labute approximate surface area is 126 Å². The number of hydrogen-bond donors (Lipinski definition) is 1. The number of rotatable bonds is 9. The first-order chi connectivity index (χ1) is 10.2. The highest BCUT2D eigenvalue weighted by Gasteiger charge is 2.14. The molecule has 1 aliphatic rings. The maximum absolute atomic E-state index is 13.1. The summed E-state index contributed by atoms with van der Waals surface area (Å²) in [5, 5.41) is 3.45. The van der Waals surface area contributed by atoms with Crippen LogP contribution in [0.25, 0.3) is 0 Å². The fourth-order valence-corrected chi connectivity index (χ4v) is 2.60. The van der Waals surface area contributed by atoms with Crippen molar-refractivity contribution in [3.63, 3.8) is 0 Å². The zero-order chi connectivity index (χ0) is 14.9. The molecule has 1 N–H and O–H groups in total. The van der Waals surface area contributed by atoms with Crippen LogP contribution < -0.4 is 5.32 Å². The minimum absolute atomic E-state index is 0.165. The molecule has 1 heterocycles. The average molecular weight is 295 g/mol. The Morgan fingerprint density at radius 1 is 1.48 bits per heavy atom. The Bertz CT molecular complexity index is 408. The monoisotopic (exact) mass is 295 g/mol. The molecular weight excluding hydrogens is 269 g/mol. The van der Waals surface area contributed by atoms with E-state index in [-0.39, 0.29) is 5.82 Å². The van der Waals surface area contributed by atoms with Gasteiger partial charge in [-0.2, -0.15) is 0 Å². The van der Waals surface area contributed by atoms with E-state index < -0.39 is 0 Å². The van der Waals surface area contributed by atoms with Crippen molar-refractivity contribution in [2.45, 2.75) is 44.8 Å². The maximum Gasteiger partial charge on any atom is 0.123 e. The molecule has 1 fully saturated rings. The summed E-state index contributed by atoms with van der Waals surface area (Å²) >= 11 is 0. The smallest absolute Gasteiger partial charge is 0.123 e.